The molecule has 0 aliphatic carbocycles. The molecule has 0 unspecified atom stereocenters. The molecule has 1 rings (SSSR count). The summed E-state index contributed by atoms with van der Waals surface area (Å²) in [6, 6.07) is 1.37. The van der Waals surface area contributed by atoms with Crippen LogP contribution < -0.4 is 5.32 Å². The van der Waals surface area contributed by atoms with Gasteiger partial charge in [0.2, 0.25) is 5.91 Å². The lowest BCUT2D eigenvalue weighted by Crippen LogP contribution is -2.34. The topological polar surface area (TPSA) is 66.4 Å². The van der Waals surface area contributed by atoms with Gasteiger partial charge in [0.25, 0.3) is 0 Å². The van der Waals surface area contributed by atoms with Gasteiger partial charge in [-0.3, -0.25) is 4.79 Å². The first-order chi connectivity index (χ1) is 8.28. The van der Waals surface area contributed by atoms with Crippen LogP contribution >= 0.6 is 23.1 Å². The Balaban J connectivity index is 2.36. The van der Waals surface area contributed by atoms with Crippen LogP contribution in [0.5, 0.6) is 0 Å². The number of halogens is 3. The summed E-state index contributed by atoms with van der Waals surface area (Å²) in [6.07, 6.45) is -4.43. The number of rotatable bonds is 5. The fourth-order valence-corrected chi connectivity index (χ4v) is 2.60. The van der Waals surface area contributed by atoms with Gasteiger partial charge < -0.3 is 10.4 Å². The third kappa shape index (κ3) is 5.41. The van der Waals surface area contributed by atoms with E-state index in [9.17, 15) is 22.8 Å². The lowest BCUT2D eigenvalue weighted by molar-refractivity contribution is -0.136. The summed E-state index contributed by atoms with van der Waals surface area (Å²) in [5.41, 5.74) is 0. The van der Waals surface area contributed by atoms with Crippen LogP contribution in [0.1, 0.15) is 9.67 Å². The highest BCUT2D eigenvalue weighted by Gasteiger charge is 2.27. The maximum Gasteiger partial charge on any atom is 0.405 e. The SMILES string of the molecule is O=C(CSc1csc(C(=O)O)c1)NCC(F)(F)F. The second-order valence-corrected chi connectivity index (χ2v) is 5.09. The number of carbonyl (C=O) groups is 2. The number of hydrogen-bond acceptors (Lipinski definition) is 4. The molecule has 1 amide bonds. The number of aromatic carboxylic acids is 1. The predicted molar refractivity (Wildman–Crippen MR) is 61.1 cm³/mol. The smallest absolute Gasteiger partial charge is 0.405 e. The van der Waals surface area contributed by atoms with Crippen LogP contribution in [0.4, 0.5) is 13.2 Å². The van der Waals surface area contributed by atoms with E-state index < -0.39 is 24.6 Å². The fourth-order valence-electron chi connectivity index (χ4n) is 0.905. The van der Waals surface area contributed by atoms with Crippen LogP contribution in [0.25, 0.3) is 0 Å². The first kappa shape index (κ1) is 14.8. The molecule has 0 radical (unpaired) electrons. The van der Waals surface area contributed by atoms with E-state index >= 15 is 0 Å². The van der Waals surface area contributed by atoms with Crippen molar-refractivity contribution < 1.29 is 27.9 Å². The molecule has 0 aliphatic rings. The Labute approximate surface area is 108 Å². The van der Waals surface area contributed by atoms with E-state index in [1.165, 1.54) is 11.4 Å². The molecule has 18 heavy (non-hydrogen) atoms. The third-order valence-corrected chi connectivity index (χ3v) is 3.69. The van der Waals surface area contributed by atoms with Crippen LogP contribution in [0.15, 0.2) is 16.3 Å². The van der Waals surface area contributed by atoms with Gasteiger partial charge in [0.05, 0.1) is 5.75 Å². The maximum atomic E-state index is 11.8. The maximum absolute atomic E-state index is 11.8. The van der Waals surface area contributed by atoms with Crippen molar-refractivity contribution in [1.29, 1.82) is 0 Å². The molecule has 1 aromatic heterocycles. The monoisotopic (exact) mass is 299 g/mol. The molecular weight excluding hydrogens is 291 g/mol. The molecule has 4 nitrogen and oxygen atoms in total. The highest BCUT2D eigenvalue weighted by Crippen LogP contribution is 2.24. The summed E-state index contributed by atoms with van der Waals surface area (Å²) in [4.78, 5) is 22.3. The molecule has 100 valence electrons. The Bertz CT molecular complexity index is 445. The van der Waals surface area contributed by atoms with Crippen molar-refractivity contribution in [3.63, 3.8) is 0 Å². The Morgan fingerprint density at radius 1 is 1.44 bits per heavy atom. The lowest BCUT2D eigenvalue weighted by Gasteiger charge is -2.07. The van der Waals surface area contributed by atoms with Gasteiger partial charge in [0.15, 0.2) is 0 Å². The standard InChI is InChI=1S/C9H8F3NO3S2/c10-9(11,12)4-13-7(14)3-17-5-1-6(8(15)16)18-2-5/h1-2H,3-4H2,(H,13,14)(H,15,16). The van der Waals surface area contributed by atoms with Crippen molar-refractivity contribution in [1.82, 2.24) is 5.32 Å². The lowest BCUT2D eigenvalue weighted by atomic mass is 10.5. The van der Waals surface area contributed by atoms with Crippen LogP contribution in [0.3, 0.4) is 0 Å². The van der Waals surface area contributed by atoms with Crippen molar-refractivity contribution >= 4 is 35.0 Å². The van der Waals surface area contributed by atoms with E-state index in [0.29, 0.717) is 4.90 Å². The van der Waals surface area contributed by atoms with Gasteiger partial charge in [-0.05, 0) is 6.07 Å². The number of alkyl halides is 3. The predicted octanol–water partition coefficient (Wildman–Crippen LogP) is 2.22. The van der Waals surface area contributed by atoms with Crippen molar-refractivity contribution in [3.05, 3.63) is 16.3 Å². The van der Waals surface area contributed by atoms with Crippen LogP contribution in [-0.4, -0.2) is 35.5 Å². The first-order valence-electron chi connectivity index (χ1n) is 4.56. The summed E-state index contributed by atoms with van der Waals surface area (Å²) < 4.78 is 35.4. The molecule has 0 saturated carbocycles. The molecule has 0 aromatic carbocycles. The van der Waals surface area contributed by atoms with Gasteiger partial charge in [-0.15, -0.1) is 23.1 Å². The summed E-state index contributed by atoms with van der Waals surface area (Å²) >= 11 is 1.98. The van der Waals surface area contributed by atoms with E-state index in [-0.39, 0.29) is 10.6 Å². The molecule has 0 bridgehead atoms. The number of thiophene rings is 1. The largest absolute Gasteiger partial charge is 0.477 e. The summed E-state index contributed by atoms with van der Waals surface area (Å²) in [7, 11) is 0. The van der Waals surface area contributed by atoms with Gasteiger partial charge in [0, 0.05) is 10.3 Å². The molecule has 1 heterocycles. The molecule has 0 spiro atoms. The summed E-state index contributed by atoms with van der Waals surface area (Å²) in [5, 5.41) is 11.9. The van der Waals surface area contributed by atoms with E-state index in [1.807, 2.05) is 0 Å². The summed E-state index contributed by atoms with van der Waals surface area (Å²) in [5.74, 6) is -2.01. The van der Waals surface area contributed by atoms with Crippen molar-refractivity contribution in [2.75, 3.05) is 12.3 Å². The van der Waals surface area contributed by atoms with E-state index in [2.05, 4.69) is 0 Å². The number of carboxylic acids is 1. The Kier molecular flexibility index (Phi) is 5.03. The number of carbonyl (C=O) groups excluding carboxylic acids is 1. The quantitative estimate of drug-likeness (QED) is 0.818. The van der Waals surface area contributed by atoms with Crippen molar-refractivity contribution in [2.24, 2.45) is 0 Å². The van der Waals surface area contributed by atoms with E-state index in [4.69, 9.17) is 5.11 Å². The zero-order chi connectivity index (χ0) is 13.8. The zero-order valence-corrected chi connectivity index (χ0v) is 10.4. The fraction of sp³-hybridized carbons (Fsp3) is 0.333. The van der Waals surface area contributed by atoms with Gasteiger partial charge in [-0.2, -0.15) is 13.2 Å². The van der Waals surface area contributed by atoms with Crippen molar-refractivity contribution in [2.45, 2.75) is 11.1 Å². The minimum atomic E-state index is -4.43. The first-order valence-corrected chi connectivity index (χ1v) is 6.42. The van der Waals surface area contributed by atoms with Crippen LogP contribution in [0.2, 0.25) is 0 Å². The van der Waals surface area contributed by atoms with E-state index in [0.717, 1.165) is 23.1 Å². The van der Waals surface area contributed by atoms with Gasteiger partial charge >= 0.3 is 12.1 Å². The Hall–Kier alpha value is -1.22. The zero-order valence-electron chi connectivity index (χ0n) is 8.78. The molecule has 0 aliphatic heterocycles. The third-order valence-electron chi connectivity index (χ3n) is 1.64. The number of hydrogen-bond donors (Lipinski definition) is 2. The average molecular weight is 299 g/mol. The minimum Gasteiger partial charge on any atom is -0.477 e. The normalized spacial score (nSPS) is 11.3. The average Bonchev–Trinajstić information content (AvgIpc) is 2.71. The minimum absolute atomic E-state index is 0.119. The van der Waals surface area contributed by atoms with Crippen molar-refractivity contribution in [3.8, 4) is 0 Å². The number of amides is 1. The van der Waals surface area contributed by atoms with Gasteiger partial charge in [-0.1, -0.05) is 0 Å². The Morgan fingerprint density at radius 2 is 2.11 bits per heavy atom. The highest BCUT2D eigenvalue weighted by molar-refractivity contribution is 8.00. The molecular formula is C9H8F3NO3S2. The van der Waals surface area contributed by atoms with Gasteiger partial charge in [-0.25, -0.2) is 4.79 Å². The van der Waals surface area contributed by atoms with Crippen LogP contribution in [-0.2, 0) is 4.79 Å². The second-order valence-electron chi connectivity index (χ2n) is 3.13. The van der Waals surface area contributed by atoms with E-state index in [1.54, 1.807) is 5.32 Å². The summed E-state index contributed by atoms with van der Waals surface area (Å²) in [6.45, 7) is -1.36. The molecule has 0 atom stereocenters. The molecule has 0 fully saturated rings. The molecule has 9 heteroatoms. The molecule has 2 N–H and O–H groups in total. The number of nitrogens with one attached hydrogen (secondary N) is 1. The second kappa shape index (κ2) is 6.10. The van der Waals surface area contributed by atoms with Crippen LogP contribution in [0, 0.1) is 0 Å². The highest BCUT2D eigenvalue weighted by atomic mass is 32.2. The Morgan fingerprint density at radius 3 is 2.61 bits per heavy atom. The van der Waals surface area contributed by atoms with Gasteiger partial charge in [0.1, 0.15) is 11.4 Å². The molecule has 1 aromatic rings. The number of thioether (sulfide) groups is 1. The molecule has 0 saturated heterocycles. The number of carboxylic acid groups (broad SMARTS) is 1.